The summed E-state index contributed by atoms with van der Waals surface area (Å²) in [5, 5.41) is 14.9. The van der Waals surface area contributed by atoms with Gasteiger partial charge in [-0.3, -0.25) is 10.00 Å². The van der Waals surface area contributed by atoms with E-state index < -0.39 is 17.8 Å². The molecule has 1 unspecified atom stereocenters. The van der Waals surface area contributed by atoms with Crippen molar-refractivity contribution in [2.45, 2.75) is 18.2 Å². The quantitative estimate of drug-likeness (QED) is 0.471. The van der Waals surface area contributed by atoms with E-state index in [2.05, 4.69) is 15.4 Å². The maximum absolute atomic E-state index is 12.7. The van der Waals surface area contributed by atoms with Crippen LogP contribution in [0.4, 0.5) is 23.7 Å². The highest BCUT2D eigenvalue weighted by atomic mass is 32.2. The molecule has 8 nitrogen and oxygen atoms in total. The fourth-order valence-electron chi connectivity index (χ4n) is 3.04. The summed E-state index contributed by atoms with van der Waals surface area (Å²) in [7, 11) is 1.71. The van der Waals surface area contributed by atoms with Gasteiger partial charge in [0.2, 0.25) is 5.90 Å². The standard InChI is InChI=1S/C21H17F3N4O4S/c1-28-17(11-31-15-8-4-13(5-9-15)21(22,23)24)16(10-25-28)18-27-19(33-32-18)12-2-6-14(7-3-12)26-20(29)30/h2-10,19,26H,11H2,1H3,(H,29,30). The van der Waals surface area contributed by atoms with Gasteiger partial charge >= 0.3 is 12.3 Å². The third-order valence-corrected chi connectivity index (χ3v) is 5.56. The molecule has 33 heavy (non-hydrogen) atoms. The minimum atomic E-state index is -4.41. The van der Waals surface area contributed by atoms with Crippen molar-refractivity contribution in [3.63, 3.8) is 0 Å². The lowest BCUT2D eigenvalue weighted by atomic mass is 10.2. The zero-order valence-electron chi connectivity index (χ0n) is 17.0. The Morgan fingerprint density at radius 2 is 1.91 bits per heavy atom. The lowest BCUT2D eigenvalue weighted by Gasteiger charge is -2.10. The third kappa shape index (κ3) is 5.22. The Labute approximate surface area is 190 Å². The molecule has 0 saturated carbocycles. The van der Waals surface area contributed by atoms with Gasteiger partial charge in [-0.15, -0.1) is 0 Å². The Morgan fingerprint density at radius 3 is 2.55 bits per heavy atom. The summed E-state index contributed by atoms with van der Waals surface area (Å²) in [5.41, 5.74) is 1.74. The number of ether oxygens (including phenoxy) is 1. The molecule has 0 bridgehead atoms. The van der Waals surface area contributed by atoms with Gasteiger partial charge in [-0.2, -0.15) is 18.3 Å². The molecule has 3 aromatic rings. The summed E-state index contributed by atoms with van der Waals surface area (Å²) in [4.78, 5) is 15.3. The van der Waals surface area contributed by atoms with Crippen LogP contribution in [0.5, 0.6) is 5.75 Å². The van der Waals surface area contributed by atoms with Gasteiger partial charge in [0.05, 0.1) is 35.1 Å². The van der Waals surface area contributed by atoms with Gasteiger partial charge < -0.3 is 14.0 Å². The van der Waals surface area contributed by atoms with Crippen LogP contribution in [-0.4, -0.2) is 26.9 Å². The molecule has 12 heteroatoms. The number of rotatable bonds is 6. The van der Waals surface area contributed by atoms with Crippen LogP contribution in [0.25, 0.3) is 0 Å². The maximum atomic E-state index is 12.7. The van der Waals surface area contributed by atoms with Crippen molar-refractivity contribution < 1.29 is 32.0 Å². The number of hydrogen-bond donors (Lipinski definition) is 2. The van der Waals surface area contributed by atoms with E-state index in [-0.39, 0.29) is 17.7 Å². The van der Waals surface area contributed by atoms with E-state index in [0.29, 0.717) is 22.8 Å². The van der Waals surface area contributed by atoms with Crippen molar-refractivity contribution in [3.8, 4) is 5.75 Å². The molecule has 1 amide bonds. The highest BCUT2D eigenvalue weighted by Gasteiger charge is 2.30. The summed E-state index contributed by atoms with van der Waals surface area (Å²) in [6.45, 7) is 0.0461. The van der Waals surface area contributed by atoms with E-state index in [0.717, 1.165) is 29.7 Å². The first-order valence-corrected chi connectivity index (χ1v) is 10.3. The van der Waals surface area contributed by atoms with Gasteiger partial charge in [0.1, 0.15) is 12.4 Å². The summed E-state index contributed by atoms with van der Waals surface area (Å²) in [6.07, 6.45) is -3.98. The zero-order valence-corrected chi connectivity index (χ0v) is 17.9. The number of alkyl halides is 3. The van der Waals surface area contributed by atoms with Crippen LogP contribution < -0.4 is 10.1 Å². The average Bonchev–Trinajstić information content (AvgIpc) is 3.39. The Hall–Kier alpha value is -3.67. The van der Waals surface area contributed by atoms with Crippen molar-refractivity contribution in [1.82, 2.24) is 9.78 Å². The van der Waals surface area contributed by atoms with Gasteiger partial charge in [-0.1, -0.05) is 12.1 Å². The molecule has 1 atom stereocenters. The van der Waals surface area contributed by atoms with E-state index >= 15 is 0 Å². The van der Waals surface area contributed by atoms with Crippen molar-refractivity contribution in [2.75, 3.05) is 5.32 Å². The molecule has 1 aliphatic heterocycles. The number of aryl methyl sites for hydroxylation is 1. The average molecular weight is 478 g/mol. The molecule has 0 fully saturated rings. The smallest absolute Gasteiger partial charge is 0.416 e. The highest BCUT2D eigenvalue weighted by molar-refractivity contribution is 7.95. The summed E-state index contributed by atoms with van der Waals surface area (Å²) >= 11 is 1.13. The van der Waals surface area contributed by atoms with Crippen LogP contribution in [-0.2, 0) is 24.0 Å². The van der Waals surface area contributed by atoms with E-state index in [1.807, 2.05) is 0 Å². The predicted molar refractivity (Wildman–Crippen MR) is 115 cm³/mol. The van der Waals surface area contributed by atoms with Crippen LogP contribution in [0.1, 0.15) is 27.8 Å². The predicted octanol–water partition coefficient (Wildman–Crippen LogP) is 5.23. The molecular formula is C21H17F3N4O4S. The SMILES string of the molecule is Cn1ncc(C2=NC(c3ccc(NC(=O)O)cc3)SO2)c1COc1ccc(C(F)(F)F)cc1. The first kappa shape index (κ1) is 22.5. The van der Waals surface area contributed by atoms with Crippen molar-refractivity contribution in [1.29, 1.82) is 0 Å². The van der Waals surface area contributed by atoms with E-state index in [9.17, 15) is 18.0 Å². The Balaban J connectivity index is 1.47. The molecule has 2 aromatic carbocycles. The lowest BCUT2D eigenvalue weighted by molar-refractivity contribution is -0.137. The van der Waals surface area contributed by atoms with Gasteiger partial charge in [0.15, 0.2) is 5.37 Å². The Kier molecular flexibility index (Phi) is 6.18. The molecule has 172 valence electrons. The molecule has 4 rings (SSSR count). The normalized spacial score (nSPS) is 15.6. The number of halogens is 3. The van der Waals surface area contributed by atoms with Crippen molar-refractivity contribution in [3.05, 3.63) is 77.1 Å². The number of aliphatic imine (C=N–C) groups is 1. The minimum absolute atomic E-state index is 0.0461. The van der Waals surface area contributed by atoms with Gasteiger partial charge in [-0.05, 0) is 42.0 Å². The summed E-state index contributed by atoms with van der Waals surface area (Å²) < 4.78 is 51.1. The molecule has 0 radical (unpaired) electrons. The number of carbonyl (C=O) groups is 1. The number of aromatic nitrogens is 2. The minimum Gasteiger partial charge on any atom is -0.487 e. The van der Waals surface area contributed by atoms with Crippen LogP contribution >= 0.6 is 12.0 Å². The second kappa shape index (κ2) is 9.06. The first-order chi connectivity index (χ1) is 15.7. The molecule has 1 aliphatic rings. The molecule has 1 aromatic heterocycles. The number of benzene rings is 2. The topological polar surface area (TPSA) is 98.0 Å². The summed E-state index contributed by atoms with van der Waals surface area (Å²) in [6, 6.07) is 11.2. The molecular weight excluding hydrogens is 461 g/mol. The Morgan fingerprint density at radius 1 is 1.21 bits per heavy atom. The second-order valence-electron chi connectivity index (χ2n) is 6.96. The second-order valence-corrected chi connectivity index (χ2v) is 7.76. The number of carboxylic acid groups (broad SMARTS) is 1. The zero-order chi connectivity index (χ0) is 23.6. The van der Waals surface area contributed by atoms with E-state index in [1.165, 1.54) is 12.1 Å². The number of anilines is 1. The fraction of sp³-hybridized carbons (Fsp3) is 0.190. The Bertz CT molecular complexity index is 1180. The first-order valence-electron chi connectivity index (χ1n) is 9.53. The van der Waals surface area contributed by atoms with Crippen LogP contribution in [0.15, 0.2) is 59.7 Å². The van der Waals surface area contributed by atoms with Gasteiger partial charge in [0, 0.05) is 12.7 Å². The van der Waals surface area contributed by atoms with Crippen molar-refractivity contribution in [2.24, 2.45) is 12.0 Å². The largest absolute Gasteiger partial charge is 0.487 e. The number of hydrogen-bond acceptors (Lipinski definition) is 6. The van der Waals surface area contributed by atoms with E-state index in [1.54, 1.807) is 42.2 Å². The molecule has 2 N–H and O–H groups in total. The highest BCUT2D eigenvalue weighted by Crippen LogP contribution is 2.39. The van der Waals surface area contributed by atoms with Crippen molar-refractivity contribution >= 4 is 29.7 Å². The monoisotopic (exact) mass is 478 g/mol. The lowest BCUT2D eigenvalue weighted by Crippen LogP contribution is -2.09. The summed E-state index contributed by atoms with van der Waals surface area (Å²) in [5.74, 6) is 0.628. The van der Waals surface area contributed by atoms with Crippen LogP contribution in [0.3, 0.4) is 0 Å². The number of amides is 1. The maximum Gasteiger partial charge on any atom is 0.416 e. The fourth-order valence-corrected chi connectivity index (χ4v) is 3.77. The molecule has 0 aliphatic carbocycles. The van der Waals surface area contributed by atoms with E-state index in [4.69, 9.17) is 14.0 Å². The molecule has 0 spiro atoms. The molecule has 2 heterocycles. The molecule has 0 saturated heterocycles. The van der Waals surface area contributed by atoms with Gasteiger partial charge in [0.25, 0.3) is 0 Å². The van der Waals surface area contributed by atoms with Crippen LogP contribution in [0.2, 0.25) is 0 Å². The third-order valence-electron chi connectivity index (χ3n) is 4.75. The van der Waals surface area contributed by atoms with Crippen LogP contribution in [0, 0.1) is 0 Å². The number of nitrogens with zero attached hydrogens (tertiary/aromatic N) is 3. The van der Waals surface area contributed by atoms with Gasteiger partial charge in [-0.25, -0.2) is 9.79 Å². The number of nitrogens with one attached hydrogen (secondary N) is 1.